The van der Waals surface area contributed by atoms with Crippen LogP contribution in [0.15, 0.2) is 18.2 Å². The van der Waals surface area contributed by atoms with Gasteiger partial charge in [0.1, 0.15) is 18.5 Å². The van der Waals surface area contributed by atoms with E-state index in [1.807, 2.05) is 25.1 Å². The molecular weight excluding hydrogens is 470 g/mol. The van der Waals surface area contributed by atoms with Crippen molar-refractivity contribution < 1.29 is 14.6 Å². The molecule has 1 aliphatic heterocycles. The molecule has 36 heavy (non-hydrogen) atoms. The Hall–Kier alpha value is -1.25. The molecule has 6 nitrogen and oxygen atoms in total. The fraction of sp³-hybridized carbons (Fsp3) is 0.759. The molecule has 1 saturated carbocycles. The highest BCUT2D eigenvalue weighted by Gasteiger charge is 2.29. The van der Waals surface area contributed by atoms with E-state index in [-0.39, 0.29) is 0 Å². The number of rotatable bonds is 11. The lowest BCUT2D eigenvalue weighted by molar-refractivity contribution is 0.00108. The molecule has 7 heteroatoms. The van der Waals surface area contributed by atoms with Crippen LogP contribution in [0.1, 0.15) is 64.3 Å². The standard InChI is InChI=1S/C29H47N3O3S/c1-22-30-27-19-26(11-12-28(27)36-22)35-21-24(33)20-32-16-14-31(15-17-32)13-5-6-18-34-25-9-7-23(8-10-25)29(2,3)4/h11-12,19,23-25,33H,5-10,13-18,20-21H2,1-4H3/t23?,24-,25?/m1/s1. The molecule has 4 rings (SSSR count). The SMILES string of the molecule is Cc1nc2cc(OC[C@H](O)CN3CCN(CCCCOC4CCC(C(C)(C)C)CC4)CC3)ccc2s1. The van der Waals surface area contributed by atoms with Gasteiger partial charge in [0.2, 0.25) is 0 Å². The fourth-order valence-corrected chi connectivity index (χ4v) is 6.44. The molecule has 2 aliphatic rings. The van der Waals surface area contributed by atoms with Gasteiger partial charge in [-0.15, -0.1) is 11.3 Å². The predicted molar refractivity (Wildman–Crippen MR) is 149 cm³/mol. The minimum atomic E-state index is -0.486. The normalized spacial score (nSPS) is 23.2. The smallest absolute Gasteiger partial charge is 0.121 e. The zero-order valence-corrected chi connectivity index (χ0v) is 23.7. The van der Waals surface area contributed by atoms with Crippen LogP contribution in [0.3, 0.4) is 0 Å². The van der Waals surface area contributed by atoms with Gasteiger partial charge in [-0.05, 0) is 75.5 Å². The lowest BCUT2D eigenvalue weighted by Gasteiger charge is -2.37. The summed E-state index contributed by atoms with van der Waals surface area (Å²) in [5.41, 5.74) is 1.41. The third-order valence-electron chi connectivity index (χ3n) is 7.96. The Balaban J connectivity index is 1.03. The van der Waals surface area contributed by atoms with E-state index in [0.717, 1.165) is 67.9 Å². The summed E-state index contributed by atoms with van der Waals surface area (Å²) < 4.78 is 13.2. The van der Waals surface area contributed by atoms with E-state index in [1.165, 1.54) is 36.8 Å². The number of ether oxygens (including phenoxy) is 2. The van der Waals surface area contributed by atoms with Crippen LogP contribution in [0.25, 0.3) is 10.2 Å². The number of piperazine rings is 1. The summed E-state index contributed by atoms with van der Waals surface area (Å²) in [6, 6.07) is 5.98. The number of aromatic nitrogens is 1. The molecule has 1 N–H and O–H groups in total. The molecule has 2 aromatic rings. The average molecular weight is 518 g/mol. The van der Waals surface area contributed by atoms with Crippen LogP contribution in [0.4, 0.5) is 0 Å². The molecule has 0 spiro atoms. The molecule has 1 aromatic heterocycles. The molecule has 0 bridgehead atoms. The van der Waals surface area contributed by atoms with Gasteiger partial charge in [-0.25, -0.2) is 4.98 Å². The lowest BCUT2D eigenvalue weighted by atomic mass is 9.72. The molecule has 1 saturated heterocycles. The first-order chi connectivity index (χ1) is 17.3. The third-order valence-corrected chi connectivity index (χ3v) is 8.92. The first-order valence-corrected chi connectivity index (χ1v) is 14.8. The second-order valence-electron chi connectivity index (χ2n) is 11.9. The predicted octanol–water partition coefficient (Wildman–Crippen LogP) is 5.36. The molecular formula is C29H47N3O3S. The van der Waals surface area contributed by atoms with Crippen LogP contribution in [-0.4, -0.2) is 84.6 Å². The number of hydrogen-bond donors (Lipinski definition) is 1. The van der Waals surface area contributed by atoms with Crippen LogP contribution in [-0.2, 0) is 4.74 Å². The number of aliphatic hydroxyl groups is 1. The molecule has 0 radical (unpaired) electrons. The number of nitrogens with zero attached hydrogens (tertiary/aromatic N) is 3. The van der Waals surface area contributed by atoms with E-state index in [9.17, 15) is 5.11 Å². The van der Waals surface area contributed by atoms with Gasteiger partial charge < -0.3 is 19.5 Å². The highest BCUT2D eigenvalue weighted by atomic mass is 32.1. The molecule has 1 atom stereocenters. The molecule has 0 unspecified atom stereocenters. The Bertz CT molecular complexity index is 927. The number of aliphatic hydroxyl groups excluding tert-OH is 1. The van der Waals surface area contributed by atoms with Gasteiger partial charge in [-0.1, -0.05) is 20.8 Å². The third kappa shape index (κ3) is 8.38. The highest BCUT2D eigenvalue weighted by molar-refractivity contribution is 7.18. The molecule has 1 aromatic carbocycles. The molecule has 202 valence electrons. The van der Waals surface area contributed by atoms with Gasteiger partial charge in [0.05, 0.1) is 21.3 Å². The zero-order valence-electron chi connectivity index (χ0n) is 22.9. The van der Waals surface area contributed by atoms with Crippen molar-refractivity contribution in [2.75, 3.05) is 52.5 Å². The molecule has 0 amide bonds. The van der Waals surface area contributed by atoms with Crippen LogP contribution >= 0.6 is 11.3 Å². The maximum absolute atomic E-state index is 10.5. The Morgan fingerprint density at radius 2 is 1.78 bits per heavy atom. The highest BCUT2D eigenvalue weighted by Crippen LogP contribution is 2.38. The second kappa shape index (κ2) is 13.0. The maximum Gasteiger partial charge on any atom is 0.121 e. The second-order valence-corrected chi connectivity index (χ2v) is 13.1. The van der Waals surface area contributed by atoms with Gasteiger partial charge >= 0.3 is 0 Å². The topological polar surface area (TPSA) is 58.1 Å². The van der Waals surface area contributed by atoms with Gasteiger partial charge in [0, 0.05) is 45.4 Å². The van der Waals surface area contributed by atoms with E-state index >= 15 is 0 Å². The summed E-state index contributed by atoms with van der Waals surface area (Å²) in [5, 5.41) is 11.6. The lowest BCUT2D eigenvalue weighted by Crippen LogP contribution is -2.49. The zero-order chi connectivity index (χ0) is 25.5. The number of aryl methyl sites for hydroxylation is 1. The Morgan fingerprint density at radius 1 is 1.06 bits per heavy atom. The van der Waals surface area contributed by atoms with Crippen molar-refractivity contribution in [3.8, 4) is 5.75 Å². The Morgan fingerprint density at radius 3 is 2.50 bits per heavy atom. The van der Waals surface area contributed by atoms with Crippen molar-refractivity contribution in [1.29, 1.82) is 0 Å². The molecule has 2 fully saturated rings. The number of β-amino-alcohol motifs (C(OH)–C–C–N with tert-alkyl or cyclic N) is 1. The first-order valence-electron chi connectivity index (χ1n) is 14.0. The van der Waals surface area contributed by atoms with Gasteiger partial charge in [0.15, 0.2) is 0 Å². The summed E-state index contributed by atoms with van der Waals surface area (Å²) in [5.74, 6) is 1.63. The van der Waals surface area contributed by atoms with Crippen molar-refractivity contribution in [2.24, 2.45) is 11.3 Å². The maximum atomic E-state index is 10.5. The van der Waals surface area contributed by atoms with Crippen molar-refractivity contribution in [1.82, 2.24) is 14.8 Å². The summed E-state index contributed by atoms with van der Waals surface area (Å²) in [7, 11) is 0. The van der Waals surface area contributed by atoms with Crippen molar-refractivity contribution >= 4 is 21.6 Å². The van der Waals surface area contributed by atoms with Crippen LogP contribution in [0.2, 0.25) is 0 Å². The summed E-state index contributed by atoms with van der Waals surface area (Å²) in [4.78, 5) is 9.43. The van der Waals surface area contributed by atoms with Gasteiger partial charge in [0.25, 0.3) is 0 Å². The summed E-state index contributed by atoms with van der Waals surface area (Å²) in [6.07, 6.45) is 7.48. The minimum Gasteiger partial charge on any atom is -0.491 e. The number of fused-ring (bicyclic) bond motifs is 1. The van der Waals surface area contributed by atoms with E-state index in [4.69, 9.17) is 9.47 Å². The number of unbranched alkanes of at least 4 members (excludes halogenated alkanes) is 1. The van der Waals surface area contributed by atoms with Crippen LogP contribution in [0, 0.1) is 18.3 Å². The molecule has 1 aliphatic carbocycles. The van der Waals surface area contributed by atoms with E-state index in [1.54, 1.807) is 11.3 Å². The van der Waals surface area contributed by atoms with Crippen molar-refractivity contribution in [3.63, 3.8) is 0 Å². The van der Waals surface area contributed by atoms with E-state index in [2.05, 4.69) is 35.6 Å². The number of thiazole rings is 1. The van der Waals surface area contributed by atoms with Crippen LogP contribution < -0.4 is 4.74 Å². The largest absolute Gasteiger partial charge is 0.491 e. The van der Waals surface area contributed by atoms with Crippen molar-refractivity contribution in [3.05, 3.63) is 23.2 Å². The quantitative estimate of drug-likeness (QED) is 0.405. The summed E-state index contributed by atoms with van der Waals surface area (Å²) >= 11 is 1.69. The fourth-order valence-electron chi connectivity index (χ4n) is 5.63. The summed E-state index contributed by atoms with van der Waals surface area (Å²) in [6.45, 7) is 16.3. The number of benzene rings is 1. The first kappa shape index (κ1) is 27.8. The van der Waals surface area contributed by atoms with Crippen molar-refractivity contribution in [2.45, 2.75) is 78.4 Å². The van der Waals surface area contributed by atoms with Crippen LogP contribution in [0.5, 0.6) is 5.75 Å². The Kier molecular flexibility index (Phi) is 10.0. The van der Waals surface area contributed by atoms with Gasteiger partial charge in [-0.3, -0.25) is 4.90 Å². The van der Waals surface area contributed by atoms with Gasteiger partial charge in [-0.2, -0.15) is 0 Å². The minimum absolute atomic E-state index is 0.312. The Labute approximate surface area is 222 Å². The molecule has 2 heterocycles. The number of hydrogen-bond acceptors (Lipinski definition) is 7. The monoisotopic (exact) mass is 517 g/mol. The van der Waals surface area contributed by atoms with E-state index in [0.29, 0.717) is 24.7 Å². The average Bonchev–Trinajstić information content (AvgIpc) is 3.22. The van der Waals surface area contributed by atoms with E-state index < -0.39 is 6.10 Å².